The number of carbonyl (C=O) groups is 2. The van der Waals surface area contributed by atoms with Crippen LogP contribution in [0.25, 0.3) is 0 Å². The van der Waals surface area contributed by atoms with Crippen molar-refractivity contribution < 1.29 is 29.3 Å². The molecule has 0 aromatic rings. The molecule has 1 heterocycles. The van der Waals surface area contributed by atoms with Crippen LogP contribution in [-0.4, -0.2) is 57.4 Å². The lowest BCUT2D eigenvalue weighted by atomic mass is 9.45. The summed E-state index contributed by atoms with van der Waals surface area (Å²) < 4.78 is 12.6. The van der Waals surface area contributed by atoms with Crippen LogP contribution in [0.1, 0.15) is 59.3 Å². The molecule has 7 heteroatoms. The van der Waals surface area contributed by atoms with Gasteiger partial charge in [0.2, 0.25) is 0 Å². The Balaban J connectivity index is 1.60. The summed E-state index contributed by atoms with van der Waals surface area (Å²) in [6.07, 6.45) is 7.07. The van der Waals surface area contributed by atoms with Crippen molar-refractivity contribution in [1.29, 1.82) is 0 Å². The van der Waals surface area contributed by atoms with E-state index in [0.717, 1.165) is 24.8 Å². The van der Waals surface area contributed by atoms with E-state index < -0.39 is 46.4 Å². The Kier molecular flexibility index (Phi) is 5.13. The molecule has 0 radical (unpaired) electrons. The third-order valence-corrected chi connectivity index (χ3v) is 10.4. The molecule has 4 aliphatic carbocycles. The maximum atomic E-state index is 13.3. The monoisotopic (exact) mass is 464 g/mol. The summed E-state index contributed by atoms with van der Waals surface area (Å²) in [4.78, 5) is 24.3. The van der Waals surface area contributed by atoms with Gasteiger partial charge in [-0.1, -0.05) is 38.8 Å². The van der Waals surface area contributed by atoms with Gasteiger partial charge in [0.25, 0.3) is 0 Å². The third kappa shape index (κ3) is 2.51. The average molecular weight is 465 g/mol. The lowest BCUT2D eigenvalue weighted by Crippen LogP contribution is -2.69. The number of rotatable bonds is 4. The molecule has 0 amide bonds. The molecule has 0 bridgehead atoms. The predicted octanol–water partition coefficient (Wildman–Crippen LogP) is 3.08. The molecule has 0 aromatic carbocycles. The zero-order valence-electron chi connectivity index (χ0n) is 19.0. The van der Waals surface area contributed by atoms with Crippen molar-refractivity contribution in [1.82, 2.24) is 0 Å². The summed E-state index contributed by atoms with van der Waals surface area (Å²) in [6.45, 7) is 5.44. The minimum absolute atomic E-state index is 0.0177. The molecule has 1 unspecified atom stereocenters. The van der Waals surface area contributed by atoms with Gasteiger partial charge >= 0.3 is 0 Å². The number of ether oxygens (including phenoxy) is 2. The van der Waals surface area contributed by atoms with Crippen LogP contribution in [0.3, 0.4) is 0 Å². The summed E-state index contributed by atoms with van der Waals surface area (Å²) in [5.74, 6) is -0.524. The van der Waals surface area contributed by atoms with Crippen LogP contribution in [0.4, 0.5) is 0 Å². The van der Waals surface area contributed by atoms with Crippen molar-refractivity contribution in [3.63, 3.8) is 0 Å². The highest BCUT2D eigenvalue weighted by Crippen LogP contribution is 2.72. The molecule has 5 aliphatic rings. The lowest BCUT2D eigenvalue weighted by molar-refractivity contribution is -0.196. The maximum Gasteiger partial charge on any atom is 0.193 e. The largest absolute Gasteiger partial charge is 0.391 e. The predicted molar refractivity (Wildman–Crippen MR) is 118 cm³/mol. The number of carbonyl (C=O) groups excluding carboxylic acids is 2. The van der Waals surface area contributed by atoms with Gasteiger partial charge in [-0.25, -0.2) is 0 Å². The van der Waals surface area contributed by atoms with E-state index in [-0.39, 0.29) is 29.8 Å². The first-order valence-electron chi connectivity index (χ1n) is 11.9. The van der Waals surface area contributed by atoms with Crippen molar-refractivity contribution in [2.24, 2.45) is 22.7 Å². The number of halogens is 1. The molecule has 9 atom stereocenters. The van der Waals surface area contributed by atoms with E-state index in [1.807, 2.05) is 26.8 Å². The minimum atomic E-state index is -1.28. The molecule has 0 spiro atoms. The fraction of sp³-hybridized carbons (Fsp3) is 0.760. The SMILES string of the molecule is CCCC1O[C@@H]2C[C@H]3[C@@H]4CCC5=CC(=O)C=C[C@]5(C)[C@@]4(Cl)[C@@H](O)C[C@]3(C)[C@]2(C(=O)CO)O1. The van der Waals surface area contributed by atoms with Crippen LogP contribution in [0.15, 0.2) is 23.8 Å². The number of fused-ring (bicyclic) bond motifs is 7. The lowest BCUT2D eigenvalue weighted by Gasteiger charge is -2.64. The fourth-order valence-corrected chi connectivity index (χ4v) is 8.53. The molecule has 2 N–H and O–H groups in total. The molecule has 6 nitrogen and oxygen atoms in total. The number of aliphatic hydroxyl groups is 2. The summed E-state index contributed by atoms with van der Waals surface area (Å²) in [6, 6.07) is 0. The van der Waals surface area contributed by atoms with Gasteiger partial charge in [-0.05, 0) is 56.1 Å². The summed E-state index contributed by atoms with van der Waals surface area (Å²) in [5, 5.41) is 21.6. The van der Waals surface area contributed by atoms with Crippen molar-refractivity contribution in [2.45, 2.75) is 88.3 Å². The van der Waals surface area contributed by atoms with Gasteiger partial charge in [0.15, 0.2) is 23.5 Å². The van der Waals surface area contributed by atoms with Crippen molar-refractivity contribution in [3.05, 3.63) is 23.8 Å². The van der Waals surface area contributed by atoms with Gasteiger partial charge in [-0.2, -0.15) is 0 Å². The Morgan fingerprint density at radius 2 is 2.06 bits per heavy atom. The molecular formula is C25H33ClO6. The molecule has 1 saturated heterocycles. The van der Waals surface area contributed by atoms with E-state index in [4.69, 9.17) is 21.1 Å². The van der Waals surface area contributed by atoms with Gasteiger partial charge in [0.05, 0.1) is 17.1 Å². The van der Waals surface area contributed by atoms with E-state index in [2.05, 4.69) is 0 Å². The van der Waals surface area contributed by atoms with E-state index in [1.165, 1.54) is 0 Å². The van der Waals surface area contributed by atoms with Crippen molar-refractivity contribution in [3.8, 4) is 0 Å². The zero-order chi connectivity index (χ0) is 23.1. The van der Waals surface area contributed by atoms with E-state index in [1.54, 1.807) is 12.2 Å². The van der Waals surface area contributed by atoms with E-state index in [0.29, 0.717) is 12.8 Å². The van der Waals surface area contributed by atoms with Gasteiger partial charge in [0, 0.05) is 10.8 Å². The normalized spacial score (nSPS) is 51.5. The summed E-state index contributed by atoms with van der Waals surface area (Å²) in [5.41, 5.74) is -1.67. The molecular weight excluding hydrogens is 432 g/mol. The quantitative estimate of drug-likeness (QED) is 0.621. The topological polar surface area (TPSA) is 93.1 Å². The molecule has 176 valence electrons. The Morgan fingerprint density at radius 1 is 1.31 bits per heavy atom. The molecule has 32 heavy (non-hydrogen) atoms. The second-order valence-electron chi connectivity index (χ2n) is 10.8. The summed E-state index contributed by atoms with van der Waals surface area (Å²) in [7, 11) is 0. The van der Waals surface area contributed by atoms with Crippen molar-refractivity contribution in [2.75, 3.05) is 6.61 Å². The minimum Gasteiger partial charge on any atom is -0.391 e. The number of hydrogen-bond donors (Lipinski definition) is 2. The smallest absolute Gasteiger partial charge is 0.193 e. The van der Waals surface area contributed by atoms with Gasteiger partial charge in [0.1, 0.15) is 6.61 Å². The highest BCUT2D eigenvalue weighted by molar-refractivity contribution is 6.26. The van der Waals surface area contributed by atoms with Crippen LogP contribution in [0.2, 0.25) is 0 Å². The molecule has 3 saturated carbocycles. The Hall–Kier alpha value is -1.05. The number of alkyl halides is 1. The zero-order valence-corrected chi connectivity index (χ0v) is 19.7. The highest BCUT2D eigenvalue weighted by Gasteiger charge is 2.78. The molecule has 4 fully saturated rings. The second-order valence-corrected chi connectivity index (χ2v) is 11.4. The Bertz CT molecular complexity index is 914. The van der Waals surface area contributed by atoms with Crippen LogP contribution in [0.5, 0.6) is 0 Å². The second kappa shape index (κ2) is 7.22. The van der Waals surface area contributed by atoms with Gasteiger partial charge in [-0.3, -0.25) is 9.59 Å². The first-order valence-corrected chi connectivity index (χ1v) is 12.2. The number of Topliss-reactive ketones (excluding diaryl/α,β-unsaturated/α-hetero) is 1. The van der Waals surface area contributed by atoms with Gasteiger partial charge in [-0.15, -0.1) is 11.6 Å². The summed E-state index contributed by atoms with van der Waals surface area (Å²) >= 11 is 7.44. The van der Waals surface area contributed by atoms with Crippen LogP contribution >= 0.6 is 11.6 Å². The van der Waals surface area contributed by atoms with Gasteiger partial charge < -0.3 is 19.7 Å². The van der Waals surface area contributed by atoms with Crippen LogP contribution < -0.4 is 0 Å². The maximum absolute atomic E-state index is 13.3. The number of hydrogen-bond acceptors (Lipinski definition) is 6. The molecule has 5 rings (SSSR count). The van der Waals surface area contributed by atoms with E-state index >= 15 is 0 Å². The molecule has 1 aliphatic heterocycles. The average Bonchev–Trinajstić information content (AvgIpc) is 3.22. The van der Waals surface area contributed by atoms with Crippen LogP contribution in [-0.2, 0) is 19.1 Å². The number of aliphatic hydroxyl groups excluding tert-OH is 2. The number of allylic oxidation sites excluding steroid dienone is 4. The number of ketones is 2. The fourth-order valence-electron chi connectivity index (χ4n) is 8.01. The first kappa shape index (κ1) is 22.7. The van der Waals surface area contributed by atoms with E-state index in [9.17, 15) is 19.8 Å². The Morgan fingerprint density at radius 3 is 2.75 bits per heavy atom. The third-order valence-electron chi connectivity index (χ3n) is 9.52. The molecule has 0 aromatic heterocycles. The first-order chi connectivity index (χ1) is 15.1. The Labute approximate surface area is 194 Å². The standard InChI is InChI=1S/C25H33ClO6/c1-4-5-21-31-20-11-17-16-7-6-14-10-15(28)8-9-22(14,2)24(16,26)18(29)12-23(17,3)25(20,32-21)19(30)13-27/h8-10,16-18,20-21,27,29H,4-7,11-13H2,1-3H3/t16-,17-,18-,20+,21?,22-,23-,24-,25+/m0/s1. The van der Waals surface area contributed by atoms with Crippen LogP contribution in [0, 0.1) is 22.7 Å². The van der Waals surface area contributed by atoms with Crippen molar-refractivity contribution >= 4 is 23.2 Å². The highest BCUT2D eigenvalue weighted by atomic mass is 35.5.